The molecular weight excluding hydrogens is 370 g/mol. The first-order valence-corrected chi connectivity index (χ1v) is 9.41. The molecule has 138 valence electrons. The molecule has 0 spiro atoms. The number of nitrogens with zero attached hydrogens (tertiary/aromatic N) is 2. The van der Waals surface area contributed by atoms with E-state index in [0.717, 1.165) is 4.90 Å². The number of imide groups is 1. The second kappa shape index (κ2) is 7.09. The van der Waals surface area contributed by atoms with E-state index in [1.807, 2.05) is 6.07 Å². The monoisotopic (exact) mass is 385 g/mol. The van der Waals surface area contributed by atoms with Gasteiger partial charge < -0.3 is 4.74 Å². The van der Waals surface area contributed by atoms with Gasteiger partial charge in [-0.1, -0.05) is 12.1 Å². The number of anilines is 2. The number of rotatable bonds is 5. The van der Waals surface area contributed by atoms with Crippen molar-refractivity contribution >= 4 is 33.2 Å². The minimum atomic E-state index is -4.15. The van der Waals surface area contributed by atoms with E-state index in [0.29, 0.717) is 0 Å². The van der Waals surface area contributed by atoms with Gasteiger partial charge in [-0.3, -0.25) is 19.2 Å². The van der Waals surface area contributed by atoms with Crippen molar-refractivity contribution in [3.63, 3.8) is 0 Å². The van der Waals surface area contributed by atoms with Crippen molar-refractivity contribution in [3.05, 3.63) is 48.0 Å². The predicted octanol–water partition coefficient (Wildman–Crippen LogP) is 2.02. The van der Waals surface area contributed by atoms with Crippen molar-refractivity contribution in [2.45, 2.75) is 17.7 Å². The molecule has 2 amide bonds. The van der Waals surface area contributed by atoms with Gasteiger partial charge in [-0.2, -0.15) is 5.26 Å². The lowest BCUT2D eigenvalue weighted by molar-refractivity contribution is -0.121. The maximum atomic E-state index is 12.9. The van der Waals surface area contributed by atoms with Gasteiger partial charge in [0.05, 0.1) is 24.0 Å². The molecule has 1 aliphatic heterocycles. The second-order valence-electron chi connectivity index (χ2n) is 5.72. The summed E-state index contributed by atoms with van der Waals surface area (Å²) < 4.78 is 33.3. The SMILES string of the molecule is COc1ccc(N2C(=O)CCC2=O)cc1S(=O)(=O)Nc1ccccc1C#N. The largest absolute Gasteiger partial charge is 0.495 e. The Kier molecular flexibility index (Phi) is 4.83. The Morgan fingerprint density at radius 1 is 1.11 bits per heavy atom. The van der Waals surface area contributed by atoms with Gasteiger partial charge in [0, 0.05) is 12.8 Å². The number of nitrogens with one attached hydrogen (secondary N) is 1. The summed E-state index contributed by atoms with van der Waals surface area (Å²) in [5.74, 6) is -0.743. The summed E-state index contributed by atoms with van der Waals surface area (Å²) in [6.45, 7) is 0. The number of carbonyl (C=O) groups is 2. The molecule has 0 saturated carbocycles. The van der Waals surface area contributed by atoms with E-state index >= 15 is 0 Å². The molecule has 8 nitrogen and oxygen atoms in total. The summed E-state index contributed by atoms with van der Waals surface area (Å²) in [6.07, 6.45) is 0.168. The van der Waals surface area contributed by atoms with Gasteiger partial charge in [0.2, 0.25) is 11.8 Å². The summed E-state index contributed by atoms with van der Waals surface area (Å²) in [5, 5.41) is 9.14. The second-order valence-corrected chi connectivity index (χ2v) is 7.37. The molecular formula is C18H15N3O5S. The van der Waals surface area contributed by atoms with Crippen LogP contribution in [0.4, 0.5) is 11.4 Å². The van der Waals surface area contributed by atoms with Crippen molar-refractivity contribution in [2.24, 2.45) is 0 Å². The van der Waals surface area contributed by atoms with Crippen molar-refractivity contribution in [3.8, 4) is 11.8 Å². The number of nitriles is 1. The van der Waals surface area contributed by atoms with E-state index in [2.05, 4.69) is 4.72 Å². The zero-order chi connectivity index (χ0) is 19.6. The van der Waals surface area contributed by atoms with Crippen LogP contribution in [0.1, 0.15) is 18.4 Å². The highest BCUT2D eigenvalue weighted by Gasteiger charge is 2.32. The third kappa shape index (κ3) is 3.47. The van der Waals surface area contributed by atoms with E-state index in [9.17, 15) is 18.0 Å². The number of para-hydroxylation sites is 1. The van der Waals surface area contributed by atoms with Crippen molar-refractivity contribution in [1.82, 2.24) is 0 Å². The van der Waals surface area contributed by atoms with Gasteiger partial charge in [0.25, 0.3) is 10.0 Å². The summed E-state index contributed by atoms with van der Waals surface area (Å²) in [4.78, 5) is 24.6. The molecule has 9 heteroatoms. The molecule has 1 N–H and O–H groups in total. The van der Waals surface area contributed by atoms with Crippen LogP contribution in [-0.4, -0.2) is 27.3 Å². The lowest BCUT2D eigenvalue weighted by Gasteiger charge is -2.17. The Morgan fingerprint density at radius 3 is 2.41 bits per heavy atom. The Hall–Kier alpha value is -3.38. The first-order valence-electron chi connectivity index (χ1n) is 7.93. The molecule has 2 aromatic rings. The van der Waals surface area contributed by atoms with Crippen molar-refractivity contribution < 1.29 is 22.7 Å². The topological polar surface area (TPSA) is 117 Å². The first-order chi connectivity index (χ1) is 12.9. The number of carbonyl (C=O) groups excluding carboxylic acids is 2. The van der Waals surface area contributed by atoms with Crippen LogP contribution in [0.15, 0.2) is 47.4 Å². The molecule has 1 fully saturated rings. The molecule has 1 heterocycles. The fourth-order valence-corrected chi connectivity index (χ4v) is 4.02. The number of ether oxygens (including phenoxy) is 1. The molecule has 2 aromatic carbocycles. The maximum Gasteiger partial charge on any atom is 0.265 e. The third-order valence-corrected chi connectivity index (χ3v) is 5.43. The quantitative estimate of drug-likeness (QED) is 0.787. The molecule has 0 aromatic heterocycles. The van der Waals surface area contributed by atoms with Crippen molar-refractivity contribution in [2.75, 3.05) is 16.7 Å². The highest BCUT2D eigenvalue weighted by atomic mass is 32.2. The van der Waals surface area contributed by atoms with Gasteiger partial charge in [-0.15, -0.1) is 0 Å². The van der Waals surface area contributed by atoms with Crippen LogP contribution in [0.2, 0.25) is 0 Å². The van der Waals surface area contributed by atoms with Crippen LogP contribution in [0.25, 0.3) is 0 Å². The highest BCUT2D eigenvalue weighted by molar-refractivity contribution is 7.92. The van der Waals surface area contributed by atoms with Gasteiger partial charge in [-0.25, -0.2) is 8.42 Å². The molecule has 27 heavy (non-hydrogen) atoms. The van der Waals surface area contributed by atoms with Crippen LogP contribution in [-0.2, 0) is 19.6 Å². The van der Waals surface area contributed by atoms with Crippen LogP contribution >= 0.6 is 0 Å². The van der Waals surface area contributed by atoms with Gasteiger partial charge in [-0.05, 0) is 30.3 Å². The Bertz CT molecular complexity index is 1060. The highest BCUT2D eigenvalue weighted by Crippen LogP contribution is 2.32. The van der Waals surface area contributed by atoms with Gasteiger partial charge >= 0.3 is 0 Å². The van der Waals surface area contributed by atoms with E-state index in [1.165, 1.54) is 37.4 Å². The number of benzene rings is 2. The standard InChI is InChI=1S/C18H15N3O5S/c1-26-15-7-6-13(21-17(22)8-9-18(21)23)10-16(15)27(24,25)20-14-5-3-2-4-12(14)11-19/h2-7,10,20H,8-9H2,1H3. The molecule has 0 radical (unpaired) electrons. The number of amides is 2. The molecule has 0 unspecified atom stereocenters. The molecule has 1 aliphatic rings. The predicted molar refractivity (Wildman–Crippen MR) is 96.7 cm³/mol. The average Bonchev–Trinajstić information content (AvgIpc) is 2.99. The van der Waals surface area contributed by atoms with Crippen LogP contribution < -0.4 is 14.4 Å². The summed E-state index contributed by atoms with van der Waals surface area (Å²) in [5.41, 5.74) is 0.416. The van der Waals surface area contributed by atoms with E-state index in [4.69, 9.17) is 10.00 Å². The van der Waals surface area contributed by atoms with E-state index < -0.39 is 21.8 Å². The lowest BCUT2D eigenvalue weighted by atomic mass is 10.2. The fraction of sp³-hybridized carbons (Fsp3) is 0.167. The Morgan fingerprint density at radius 2 is 1.78 bits per heavy atom. The average molecular weight is 385 g/mol. The van der Waals surface area contributed by atoms with Gasteiger partial charge in [0.15, 0.2) is 0 Å². The van der Waals surface area contributed by atoms with Crippen LogP contribution in [0, 0.1) is 11.3 Å². The third-order valence-electron chi connectivity index (χ3n) is 4.04. The zero-order valence-electron chi connectivity index (χ0n) is 14.3. The number of hydrogen-bond acceptors (Lipinski definition) is 6. The molecule has 0 bridgehead atoms. The first kappa shape index (κ1) is 18.4. The molecule has 0 aliphatic carbocycles. The molecule has 3 rings (SSSR count). The number of hydrogen-bond donors (Lipinski definition) is 1. The smallest absolute Gasteiger partial charge is 0.265 e. The van der Waals surface area contributed by atoms with E-state index in [-0.39, 0.29) is 40.4 Å². The Balaban J connectivity index is 2.06. The summed E-state index contributed by atoms with van der Waals surface area (Å²) >= 11 is 0. The Labute approximate surface area is 156 Å². The number of methoxy groups -OCH3 is 1. The normalized spacial score (nSPS) is 14.1. The fourth-order valence-electron chi connectivity index (χ4n) is 2.75. The summed E-state index contributed by atoms with van der Waals surface area (Å²) in [7, 11) is -2.84. The van der Waals surface area contributed by atoms with Crippen LogP contribution in [0.5, 0.6) is 5.75 Å². The minimum Gasteiger partial charge on any atom is -0.495 e. The number of sulfonamides is 1. The maximum absolute atomic E-state index is 12.9. The summed E-state index contributed by atoms with van der Waals surface area (Å²) in [6, 6.07) is 12.1. The minimum absolute atomic E-state index is 0.0415. The molecule has 0 atom stereocenters. The zero-order valence-corrected chi connectivity index (χ0v) is 15.1. The van der Waals surface area contributed by atoms with Gasteiger partial charge in [0.1, 0.15) is 16.7 Å². The van der Waals surface area contributed by atoms with E-state index in [1.54, 1.807) is 12.1 Å². The lowest BCUT2D eigenvalue weighted by Crippen LogP contribution is -2.28. The van der Waals surface area contributed by atoms with Crippen LogP contribution in [0.3, 0.4) is 0 Å². The van der Waals surface area contributed by atoms with Crippen molar-refractivity contribution in [1.29, 1.82) is 5.26 Å². The molecule has 1 saturated heterocycles.